The Labute approximate surface area is 145 Å². The smallest absolute Gasteiger partial charge is 0.395 e. The van der Waals surface area contributed by atoms with E-state index in [0.717, 1.165) is 0 Å². The highest BCUT2D eigenvalue weighted by atomic mass is 35.5. The van der Waals surface area contributed by atoms with Gasteiger partial charge < -0.3 is 5.11 Å². The third-order valence-electron chi connectivity index (χ3n) is 3.23. The lowest BCUT2D eigenvalue weighted by Crippen LogP contribution is -2.46. The molecule has 132 valence electrons. The molecule has 0 radical (unpaired) electrons. The van der Waals surface area contributed by atoms with Crippen molar-refractivity contribution in [2.45, 2.75) is 22.3 Å². The van der Waals surface area contributed by atoms with Gasteiger partial charge in [0.25, 0.3) is 0 Å². The topological polar surface area (TPSA) is 66.4 Å². The molecule has 0 bridgehead atoms. The van der Waals surface area contributed by atoms with Crippen LogP contribution in [0.4, 0.5) is 13.2 Å². The zero-order valence-electron chi connectivity index (χ0n) is 12.0. The fraction of sp³-hybridized carbons (Fsp3) is 0.286. The molecule has 0 aliphatic rings. The van der Waals surface area contributed by atoms with Gasteiger partial charge in [-0.1, -0.05) is 41.9 Å². The summed E-state index contributed by atoms with van der Waals surface area (Å²) >= 11 is 6.38. The van der Waals surface area contributed by atoms with Gasteiger partial charge in [0.05, 0.1) is 22.9 Å². The number of aliphatic hydroxyl groups excluding tert-OH is 1. The Hall–Kier alpha value is -1.13. The Kier molecular flexibility index (Phi) is 5.92. The highest BCUT2D eigenvalue weighted by Gasteiger charge is 2.46. The zero-order valence-corrected chi connectivity index (χ0v) is 14.4. The molecule has 0 fully saturated rings. The van der Waals surface area contributed by atoms with Crippen LogP contribution in [0.5, 0.6) is 0 Å². The van der Waals surface area contributed by atoms with Crippen LogP contribution < -0.4 is 4.72 Å². The summed E-state index contributed by atoms with van der Waals surface area (Å²) < 4.78 is 66.8. The molecule has 4 nitrogen and oxygen atoms in total. The van der Waals surface area contributed by atoms with Crippen molar-refractivity contribution in [3.8, 4) is 0 Å². The van der Waals surface area contributed by atoms with Gasteiger partial charge in [-0.15, -0.1) is 11.3 Å². The van der Waals surface area contributed by atoms with Gasteiger partial charge in [-0.2, -0.15) is 13.2 Å². The van der Waals surface area contributed by atoms with E-state index in [4.69, 9.17) is 11.6 Å². The maximum absolute atomic E-state index is 13.5. The van der Waals surface area contributed by atoms with E-state index >= 15 is 0 Å². The first-order valence-corrected chi connectivity index (χ1v) is 9.33. The second-order valence-electron chi connectivity index (χ2n) is 4.90. The van der Waals surface area contributed by atoms with Gasteiger partial charge in [0.15, 0.2) is 0 Å². The van der Waals surface area contributed by atoms with Crippen LogP contribution >= 0.6 is 22.9 Å². The van der Waals surface area contributed by atoms with Crippen LogP contribution in [0.15, 0.2) is 46.7 Å². The van der Waals surface area contributed by atoms with Gasteiger partial charge in [0, 0.05) is 0 Å². The standard InChI is InChI=1S/C14H13ClF3NO3S2/c15-11-6-7-12(23-11)24(21,22)19-10(8-20)13(14(16,17)18)9-4-2-1-3-5-9/h1-7,10,13,19-20H,8H2/t10-,13+/m1/s1. The fourth-order valence-corrected chi connectivity index (χ4v) is 4.96. The van der Waals surface area contributed by atoms with E-state index in [1.54, 1.807) is 6.07 Å². The van der Waals surface area contributed by atoms with Gasteiger partial charge in [0.1, 0.15) is 4.21 Å². The van der Waals surface area contributed by atoms with Crippen LogP contribution in [0.25, 0.3) is 0 Å². The Balaban J connectivity index is 2.37. The molecule has 1 aromatic carbocycles. The molecule has 0 saturated heterocycles. The number of hydrogen-bond donors (Lipinski definition) is 2. The molecule has 2 aromatic rings. The number of benzene rings is 1. The van der Waals surface area contributed by atoms with Crippen LogP contribution in [0.1, 0.15) is 11.5 Å². The first-order chi connectivity index (χ1) is 11.1. The molecule has 0 aliphatic carbocycles. The molecule has 1 aromatic heterocycles. The minimum atomic E-state index is -4.75. The fourth-order valence-electron chi connectivity index (χ4n) is 2.22. The number of aliphatic hydroxyl groups is 1. The van der Waals surface area contributed by atoms with Crippen molar-refractivity contribution in [2.24, 2.45) is 0 Å². The molecular formula is C14H13ClF3NO3S2. The predicted octanol–water partition coefficient (Wildman–Crippen LogP) is 3.39. The molecule has 10 heteroatoms. The SMILES string of the molecule is O=S(=O)(N[C@H](CO)[C@H](c1ccccc1)C(F)(F)F)c1ccc(Cl)s1. The van der Waals surface area contributed by atoms with Gasteiger partial charge in [-0.05, 0) is 17.7 Å². The largest absolute Gasteiger partial charge is 0.397 e. The lowest BCUT2D eigenvalue weighted by atomic mass is 9.92. The van der Waals surface area contributed by atoms with Crippen LogP contribution in [0, 0.1) is 0 Å². The number of halogens is 4. The number of rotatable bonds is 6. The van der Waals surface area contributed by atoms with Gasteiger partial charge >= 0.3 is 6.18 Å². The molecule has 1 heterocycles. The van der Waals surface area contributed by atoms with Crippen molar-refractivity contribution in [2.75, 3.05) is 6.61 Å². The molecule has 0 spiro atoms. The molecule has 0 amide bonds. The summed E-state index contributed by atoms with van der Waals surface area (Å²) in [6, 6.07) is 7.59. The van der Waals surface area contributed by atoms with E-state index in [1.807, 2.05) is 4.72 Å². The van der Waals surface area contributed by atoms with E-state index in [1.165, 1.54) is 36.4 Å². The van der Waals surface area contributed by atoms with Gasteiger partial charge in [0.2, 0.25) is 10.0 Å². The third-order valence-corrected chi connectivity index (χ3v) is 6.44. The maximum Gasteiger partial charge on any atom is 0.397 e. The van der Waals surface area contributed by atoms with Gasteiger partial charge in [-0.3, -0.25) is 0 Å². The first kappa shape index (κ1) is 19.2. The molecule has 2 atom stereocenters. The average Bonchev–Trinajstić information content (AvgIpc) is 2.93. The van der Waals surface area contributed by atoms with Gasteiger partial charge in [-0.25, -0.2) is 13.1 Å². The summed E-state index contributed by atoms with van der Waals surface area (Å²) in [6.45, 7) is -1.02. The Morgan fingerprint density at radius 3 is 2.25 bits per heavy atom. The lowest BCUT2D eigenvalue weighted by Gasteiger charge is -2.28. The van der Waals surface area contributed by atoms with E-state index in [2.05, 4.69) is 0 Å². The van der Waals surface area contributed by atoms with E-state index < -0.39 is 34.8 Å². The van der Waals surface area contributed by atoms with Crippen LogP contribution in [-0.2, 0) is 10.0 Å². The van der Waals surface area contributed by atoms with Crippen molar-refractivity contribution in [3.63, 3.8) is 0 Å². The molecule has 0 unspecified atom stereocenters. The number of thiophene rings is 1. The number of nitrogens with one attached hydrogen (secondary N) is 1. The van der Waals surface area contributed by atoms with Crippen LogP contribution in [0.3, 0.4) is 0 Å². The van der Waals surface area contributed by atoms with Crippen LogP contribution in [-0.4, -0.2) is 32.3 Å². The number of alkyl halides is 3. The summed E-state index contributed by atoms with van der Waals surface area (Å²) in [7, 11) is -4.24. The number of sulfonamides is 1. The van der Waals surface area contributed by atoms with E-state index in [9.17, 15) is 26.7 Å². The summed E-state index contributed by atoms with van der Waals surface area (Å²) in [4.78, 5) is 0. The van der Waals surface area contributed by atoms with Crippen molar-refractivity contribution in [1.29, 1.82) is 0 Å². The Morgan fingerprint density at radius 1 is 1.17 bits per heavy atom. The summed E-state index contributed by atoms with van der Waals surface area (Å²) in [6.07, 6.45) is -4.75. The minimum Gasteiger partial charge on any atom is -0.395 e. The Bertz CT molecular complexity index is 778. The average molecular weight is 400 g/mol. The normalized spacial score (nSPS) is 15.2. The first-order valence-electron chi connectivity index (χ1n) is 6.65. The maximum atomic E-state index is 13.5. The zero-order chi connectivity index (χ0) is 18.0. The number of hydrogen-bond acceptors (Lipinski definition) is 4. The van der Waals surface area contributed by atoms with E-state index in [0.29, 0.717) is 11.3 Å². The predicted molar refractivity (Wildman–Crippen MR) is 85.8 cm³/mol. The van der Waals surface area contributed by atoms with Crippen LogP contribution in [0.2, 0.25) is 4.34 Å². The highest BCUT2D eigenvalue weighted by Crippen LogP contribution is 2.38. The molecule has 2 N–H and O–H groups in total. The lowest BCUT2D eigenvalue weighted by molar-refractivity contribution is -0.158. The molecule has 2 rings (SSSR count). The molecule has 0 aliphatic heterocycles. The molecule has 24 heavy (non-hydrogen) atoms. The van der Waals surface area contributed by atoms with Crippen molar-refractivity contribution < 1.29 is 26.7 Å². The monoisotopic (exact) mass is 399 g/mol. The molecule has 0 saturated carbocycles. The summed E-state index contributed by atoms with van der Waals surface area (Å²) in [5.74, 6) is -2.19. The minimum absolute atomic E-state index is 0.143. The third kappa shape index (κ3) is 4.48. The quantitative estimate of drug-likeness (QED) is 0.782. The summed E-state index contributed by atoms with van der Waals surface area (Å²) in [5.41, 5.74) is -0.143. The van der Waals surface area contributed by atoms with Crippen molar-refractivity contribution >= 4 is 33.0 Å². The van der Waals surface area contributed by atoms with Crippen molar-refractivity contribution in [1.82, 2.24) is 4.72 Å². The highest BCUT2D eigenvalue weighted by molar-refractivity contribution is 7.91. The summed E-state index contributed by atoms with van der Waals surface area (Å²) in [5, 5.41) is 9.39. The van der Waals surface area contributed by atoms with E-state index in [-0.39, 0.29) is 14.1 Å². The second-order valence-corrected chi connectivity index (χ2v) is 8.55. The Morgan fingerprint density at radius 2 is 1.79 bits per heavy atom. The van der Waals surface area contributed by atoms with Crippen molar-refractivity contribution in [3.05, 3.63) is 52.4 Å². The molecular weight excluding hydrogens is 387 g/mol. The second kappa shape index (κ2) is 7.40.